The van der Waals surface area contributed by atoms with E-state index < -0.39 is 0 Å². The van der Waals surface area contributed by atoms with E-state index in [1.54, 1.807) is 0 Å². The van der Waals surface area contributed by atoms with Crippen LogP contribution in [0.1, 0.15) is 32.1 Å². The van der Waals surface area contributed by atoms with Gasteiger partial charge in [-0.1, -0.05) is 0 Å². The van der Waals surface area contributed by atoms with E-state index in [1.165, 1.54) is 64.8 Å². The molecule has 1 saturated carbocycles. The second-order valence-electron chi connectivity index (χ2n) is 6.46. The minimum Gasteiger partial charge on any atom is -0.310 e. The Hall–Kier alpha value is -0.120. The fraction of sp³-hybridized carbons (Fsp3) is 1.00. The summed E-state index contributed by atoms with van der Waals surface area (Å²) < 4.78 is 0. The number of likely N-dealkylation sites (tertiary alicyclic amines) is 2. The average Bonchev–Trinajstić information content (AvgIpc) is 2.99. The fourth-order valence-electron chi connectivity index (χ4n) is 3.51. The van der Waals surface area contributed by atoms with E-state index in [9.17, 15) is 0 Å². The quantitative estimate of drug-likeness (QED) is 0.791. The number of piperidine rings is 1. The summed E-state index contributed by atoms with van der Waals surface area (Å²) in [6.07, 6.45) is 7.06. The van der Waals surface area contributed by atoms with E-state index in [0.717, 1.165) is 18.0 Å². The highest BCUT2D eigenvalue weighted by Crippen LogP contribution is 2.23. The van der Waals surface area contributed by atoms with Crippen LogP contribution in [0.25, 0.3) is 0 Å². The molecule has 0 bridgehead atoms. The normalized spacial score (nSPS) is 36.5. The van der Waals surface area contributed by atoms with Crippen LogP contribution < -0.4 is 5.32 Å². The predicted molar refractivity (Wildman–Crippen MR) is 71.2 cm³/mol. The van der Waals surface area contributed by atoms with Gasteiger partial charge >= 0.3 is 0 Å². The zero-order valence-electron chi connectivity index (χ0n) is 11.2. The molecule has 0 amide bonds. The molecule has 0 spiro atoms. The Morgan fingerprint density at radius 2 is 1.88 bits per heavy atom. The molecule has 2 unspecified atom stereocenters. The van der Waals surface area contributed by atoms with E-state index in [0.29, 0.717) is 0 Å². The maximum atomic E-state index is 3.78. The van der Waals surface area contributed by atoms with Gasteiger partial charge in [0.15, 0.2) is 0 Å². The zero-order valence-corrected chi connectivity index (χ0v) is 11.2. The van der Waals surface area contributed by atoms with Gasteiger partial charge in [0.25, 0.3) is 0 Å². The third-order valence-corrected chi connectivity index (χ3v) is 4.56. The molecule has 98 valence electrons. The highest BCUT2D eigenvalue weighted by atomic mass is 15.2. The lowest BCUT2D eigenvalue weighted by molar-refractivity contribution is 0.165. The van der Waals surface area contributed by atoms with Gasteiger partial charge in [0.2, 0.25) is 0 Å². The molecule has 2 aliphatic heterocycles. The maximum Gasteiger partial charge on any atom is 0.0209 e. The number of hydrogen-bond acceptors (Lipinski definition) is 3. The molecule has 17 heavy (non-hydrogen) atoms. The maximum absolute atomic E-state index is 3.78. The van der Waals surface area contributed by atoms with Crippen LogP contribution in [0.15, 0.2) is 0 Å². The van der Waals surface area contributed by atoms with Crippen molar-refractivity contribution in [1.82, 2.24) is 15.1 Å². The van der Waals surface area contributed by atoms with Gasteiger partial charge in [-0.05, 0) is 58.2 Å². The Labute approximate surface area is 106 Å². The molecule has 2 atom stereocenters. The van der Waals surface area contributed by atoms with E-state index >= 15 is 0 Å². The third kappa shape index (κ3) is 3.43. The Balaban J connectivity index is 1.40. The highest BCUT2D eigenvalue weighted by Gasteiger charge is 2.30. The van der Waals surface area contributed by atoms with Gasteiger partial charge in [-0.25, -0.2) is 0 Å². The second kappa shape index (κ2) is 5.25. The van der Waals surface area contributed by atoms with Crippen molar-refractivity contribution in [3.63, 3.8) is 0 Å². The number of hydrogen-bond donors (Lipinski definition) is 1. The van der Waals surface area contributed by atoms with Gasteiger partial charge in [0.1, 0.15) is 0 Å². The van der Waals surface area contributed by atoms with Crippen LogP contribution in [0.5, 0.6) is 0 Å². The first-order chi connectivity index (χ1) is 8.29. The molecule has 1 N–H and O–H groups in total. The van der Waals surface area contributed by atoms with E-state index in [4.69, 9.17) is 0 Å². The molecular weight excluding hydrogens is 210 g/mol. The molecular formula is C14H27N3. The molecule has 0 aromatic carbocycles. The summed E-state index contributed by atoms with van der Waals surface area (Å²) in [6.45, 7) is 6.59. The highest BCUT2D eigenvalue weighted by molar-refractivity contribution is 4.90. The summed E-state index contributed by atoms with van der Waals surface area (Å²) in [5, 5.41) is 3.78. The lowest BCUT2D eigenvalue weighted by Gasteiger charge is -2.32. The second-order valence-corrected chi connectivity index (χ2v) is 6.46. The summed E-state index contributed by atoms with van der Waals surface area (Å²) in [6, 6.07) is 1.67. The van der Waals surface area contributed by atoms with Crippen LogP contribution in [0.2, 0.25) is 0 Å². The molecule has 3 rings (SSSR count). The van der Waals surface area contributed by atoms with Crippen LogP contribution in [0, 0.1) is 5.92 Å². The Kier molecular flexibility index (Phi) is 3.69. The van der Waals surface area contributed by atoms with Gasteiger partial charge in [-0.3, -0.25) is 0 Å². The Morgan fingerprint density at radius 3 is 2.65 bits per heavy atom. The predicted octanol–water partition coefficient (Wildman–Crippen LogP) is 1.15. The lowest BCUT2D eigenvalue weighted by atomic mass is 9.98. The fourth-order valence-corrected chi connectivity index (χ4v) is 3.51. The van der Waals surface area contributed by atoms with Crippen molar-refractivity contribution < 1.29 is 0 Å². The van der Waals surface area contributed by atoms with Gasteiger partial charge in [0.05, 0.1) is 0 Å². The van der Waals surface area contributed by atoms with Gasteiger partial charge in [0, 0.05) is 31.7 Å². The molecule has 0 radical (unpaired) electrons. The van der Waals surface area contributed by atoms with Crippen LogP contribution in [-0.2, 0) is 0 Å². The molecule has 3 nitrogen and oxygen atoms in total. The molecule has 0 aromatic heterocycles. The smallest absolute Gasteiger partial charge is 0.0209 e. The SMILES string of the molecule is CN1CCCC(CN2CCC(NC3CC3)C2)C1. The van der Waals surface area contributed by atoms with Crippen LogP contribution in [0.3, 0.4) is 0 Å². The number of nitrogens with zero attached hydrogens (tertiary/aromatic N) is 2. The molecule has 2 saturated heterocycles. The molecule has 1 aliphatic carbocycles. The van der Waals surface area contributed by atoms with Crippen LogP contribution in [0.4, 0.5) is 0 Å². The molecule has 2 heterocycles. The van der Waals surface area contributed by atoms with Gasteiger partial charge < -0.3 is 15.1 Å². The monoisotopic (exact) mass is 237 g/mol. The first kappa shape index (κ1) is 11.9. The van der Waals surface area contributed by atoms with Crippen molar-refractivity contribution in [2.75, 3.05) is 39.8 Å². The van der Waals surface area contributed by atoms with Crippen LogP contribution in [-0.4, -0.2) is 61.7 Å². The molecule has 3 fully saturated rings. The average molecular weight is 237 g/mol. The van der Waals surface area contributed by atoms with Gasteiger partial charge in [-0.2, -0.15) is 0 Å². The summed E-state index contributed by atoms with van der Waals surface area (Å²) in [5.41, 5.74) is 0. The van der Waals surface area contributed by atoms with Crippen molar-refractivity contribution in [3.05, 3.63) is 0 Å². The van der Waals surface area contributed by atoms with Crippen molar-refractivity contribution in [3.8, 4) is 0 Å². The summed E-state index contributed by atoms with van der Waals surface area (Å²) in [4.78, 5) is 5.20. The minimum atomic E-state index is 0.795. The van der Waals surface area contributed by atoms with Crippen molar-refractivity contribution >= 4 is 0 Å². The molecule has 0 aromatic rings. The summed E-state index contributed by atoms with van der Waals surface area (Å²) >= 11 is 0. The topological polar surface area (TPSA) is 18.5 Å². The summed E-state index contributed by atoms with van der Waals surface area (Å²) in [7, 11) is 2.27. The minimum absolute atomic E-state index is 0.795. The largest absolute Gasteiger partial charge is 0.310 e. The Morgan fingerprint density at radius 1 is 1.00 bits per heavy atom. The standard InChI is InChI=1S/C14H27N3/c1-16-7-2-3-12(9-16)10-17-8-6-14(11-17)15-13-4-5-13/h12-15H,2-11H2,1H3. The van der Waals surface area contributed by atoms with Crippen molar-refractivity contribution in [1.29, 1.82) is 0 Å². The lowest BCUT2D eigenvalue weighted by Crippen LogP contribution is -2.40. The zero-order chi connectivity index (χ0) is 11.7. The Bertz CT molecular complexity index is 252. The van der Waals surface area contributed by atoms with E-state index in [2.05, 4.69) is 22.2 Å². The first-order valence-electron chi connectivity index (χ1n) is 7.46. The first-order valence-corrected chi connectivity index (χ1v) is 7.46. The number of nitrogens with one attached hydrogen (secondary N) is 1. The van der Waals surface area contributed by atoms with Crippen LogP contribution >= 0.6 is 0 Å². The van der Waals surface area contributed by atoms with Gasteiger partial charge in [-0.15, -0.1) is 0 Å². The number of rotatable bonds is 4. The van der Waals surface area contributed by atoms with Crippen molar-refractivity contribution in [2.24, 2.45) is 5.92 Å². The van der Waals surface area contributed by atoms with E-state index in [-0.39, 0.29) is 0 Å². The van der Waals surface area contributed by atoms with E-state index in [1.807, 2.05) is 0 Å². The molecule has 3 aliphatic rings. The van der Waals surface area contributed by atoms with Crippen molar-refractivity contribution in [2.45, 2.75) is 44.2 Å². The molecule has 3 heteroatoms. The third-order valence-electron chi connectivity index (χ3n) is 4.56. The summed E-state index contributed by atoms with van der Waals surface area (Å²) in [5.74, 6) is 0.924.